The quantitative estimate of drug-likeness (QED) is 0.792. The van der Waals surface area contributed by atoms with Crippen LogP contribution in [-0.4, -0.2) is 55.0 Å². The highest BCUT2D eigenvalue weighted by Crippen LogP contribution is 2.34. The van der Waals surface area contributed by atoms with Crippen LogP contribution in [0, 0.1) is 5.41 Å². The van der Waals surface area contributed by atoms with E-state index in [2.05, 4.69) is 23.8 Å². The minimum absolute atomic E-state index is 0.424. The van der Waals surface area contributed by atoms with Crippen LogP contribution in [0.1, 0.15) is 25.7 Å². The van der Waals surface area contributed by atoms with E-state index in [9.17, 15) is 0 Å². The number of hydrogen-bond acceptors (Lipinski definition) is 4. The van der Waals surface area contributed by atoms with Gasteiger partial charge in [-0.25, -0.2) is 0 Å². The van der Waals surface area contributed by atoms with Crippen molar-refractivity contribution in [2.24, 2.45) is 5.41 Å². The Hall–Kier alpha value is 0.620. The lowest BCUT2D eigenvalue weighted by atomic mass is 9.81. The van der Waals surface area contributed by atoms with Crippen molar-refractivity contribution in [1.82, 2.24) is 4.90 Å². The van der Waals surface area contributed by atoms with Crippen LogP contribution >= 0.6 is 24.4 Å². The molecule has 0 aromatic carbocycles. The van der Waals surface area contributed by atoms with E-state index in [1.54, 1.807) is 0 Å². The molecule has 4 heteroatoms. The highest BCUT2D eigenvalue weighted by atomic mass is 32.2. The van der Waals surface area contributed by atoms with Gasteiger partial charge in [-0.1, -0.05) is 0 Å². The summed E-state index contributed by atoms with van der Waals surface area (Å²) < 4.78 is 5.49. The normalized spacial score (nSPS) is 27.2. The van der Waals surface area contributed by atoms with E-state index < -0.39 is 0 Å². The molecule has 0 saturated carbocycles. The Labute approximate surface area is 115 Å². The molecule has 2 saturated heterocycles. The van der Waals surface area contributed by atoms with Crippen LogP contribution < -0.4 is 0 Å². The zero-order valence-corrected chi connectivity index (χ0v) is 12.6. The fourth-order valence-corrected chi connectivity index (χ4v) is 4.05. The standard InChI is InChI=1S/C13H25NOS2/c1-17-12-2-6-14(7-3-12)10-13(11-16)4-8-15-9-5-13/h12,16H,2-11H2,1H3. The number of hydrogen-bond donors (Lipinski definition) is 1. The molecule has 0 aromatic rings. The first kappa shape index (κ1) is 14.0. The number of thioether (sulfide) groups is 1. The van der Waals surface area contributed by atoms with E-state index in [4.69, 9.17) is 4.74 Å². The summed E-state index contributed by atoms with van der Waals surface area (Å²) in [6.07, 6.45) is 7.35. The fourth-order valence-electron chi connectivity index (χ4n) is 2.95. The van der Waals surface area contributed by atoms with Crippen LogP contribution in [0.5, 0.6) is 0 Å². The summed E-state index contributed by atoms with van der Waals surface area (Å²) in [6.45, 7) is 5.66. The van der Waals surface area contributed by atoms with Gasteiger partial charge in [0.2, 0.25) is 0 Å². The third kappa shape index (κ3) is 3.79. The van der Waals surface area contributed by atoms with Gasteiger partial charge in [0.05, 0.1) is 0 Å². The molecule has 0 aromatic heterocycles. The third-order valence-electron chi connectivity index (χ3n) is 4.32. The van der Waals surface area contributed by atoms with Gasteiger partial charge in [0.1, 0.15) is 0 Å². The first-order chi connectivity index (χ1) is 8.28. The van der Waals surface area contributed by atoms with Crippen molar-refractivity contribution < 1.29 is 4.74 Å². The predicted molar refractivity (Wildman–Crippen MR) is 79.3 cm³/mol. The SMILES string of the molecule is CSC1CCN(CC2(CS)CCOCC2)CC1. The van der Waals surface area contributed by atoms with E-state index in [0.717, 1.165) is 24.2 Å². The van der Waals surface area contributed by atoms with Gasteiger partial charge in [-0.05, 0) is 56.2 Å². The lowest BCUT2D eigenvalue weighted by Crippen LogP contribution is -2.46. The predicted octanol–water partition coefficient (Wildman–Crippen LogP) is 2.54. The molecule has 17 heavy (non-hydrogen) atoms. The highest BCUT2D eigenvalue weighted by molar-refractivity contribution is 7.99. The topological polar surface area (TPSA) is 12.5 Å². The number of rotatable bonds is 4. The van der Waals surface area contributed by atoms with Crippen LogP contribution in [0.3, 0.4) is 0 Å². The second-order valence-electron chi connectivity index (χ2n) is 5.48. The van der Waals surface area contributed by atoms with E-state index in [-0.39, 0.29) is 0 Å². The number of piperidine rings is 1. The molecule has 2 rings (SSSR count). The molecule has 2 fully saturated rings. The van der Waals surface area contributed by atoms with Gasteiger partial charge in [0, 0.05) is 25.0 Å². The molecule has 2 heterocycles. The number of likely N-dealkylation sites (tertiary alicyclic amines) is 1. The number of nitrogens with zero attached hydrogens (tertiary/aromatic N) is 1. The molecule has 0 aliphatic carbocycles. The molecule has 0 bridgehead atoms. The Morgan fingerprint density at radius 2 is 1.94 bits per heavy atom. The minimum Gasteiger partial charge on any atom is -0.381 e. The summed E-state index contributed by atoms with van der Waals surface area (Å²) in [6, 6.07) is 0. The smallest absolute Gasteiger partial charge is 0.0472 e. The minimum atomic E-state index is 0.424. The van der Waals surface area contributed by atoms with Gasteiger partial charge < -0.3 is 9.64 Å². The summed E-state index contributed by atoms with van der Waals surface area (Å²) >= 11 is 6.64. The van der Waals surface area contributed by atoms with E-state index in [1.807, 2.05) is 11.8 Å². The molecule has 2 aliphatic heterocycles. The van der Waals surface area contributed by atoms with Gasteiger partial charge in [-0.3, -0.25) is 0 Å². The summed E-state index contributed by atoms with van der Waals surface area (Å²) in [5.41, 5.74) is 0.424. The monoisotopic (exact) mass is 275 g/mol. The molecule has 2 nitrogen and oxygen atoms in total. The molecule has 0 radical (unpaired) electrons. The zero-order chi connectivity index (χ0) is 12.1. The van der Waals surface area contributed by atoms with Gasteiger partial charge in [-0.15, -0.1) is 0 Å². The number of ether oxygens (including phenoxy) is 1. The fraction of sp³-hybridized carbons (Fsp3) is 1.00. The van der Waals surface area contributed by atoms with Crippen molar-refractivity contribution in [3.63, 3.8) is 0 Å². The molecule has 100 valence electrons. The molecular weight excluding hydrogens is 250 g/mol. The van der Waals surface area contributed by atoms with Crippen molar-refractivity contribution in [1.29, 1.82) is 0 Å². The van der Waals surface area contributed by atoms with Crippen LogP contribution in [-0.2, 0) is 4.74 Å². The first-order valence-electron chi connectivity index (χ1n) is 6.72. The molecule has 2 aliphatic rings. The van der Waals surface area contributed by atoms with Crippen LogP contribution in [0.25, 0.3) is 0 Å². The molecule has 0 unspecified atom stereocenters. The van der Waals surface area contributed by atoms with E-state index in [1.165, 1.54) is 45.3 Å². The van der Waals surface area contributed by atoms with E-state index in [0.29, 0.717) is 5.41 Å². The Balaban J connectivity index is 1.82. The summed E-state index contributed by atoms with van der Waals surface area (Å²) in [4.78, 5) is 2.66. The van der Waals surface area contributed by atoms with Crippen molar-refractivity contribution in [2.45, 2.75) is 30.9 Å². The Bertz CT molecular complexity index is 223. The molecule has 0 amide bonds. The third-order valence-corrected chi connectivity index (χ3v) is 6.12. The summed E-state index contributed by atoms with van der Waals surface area (Å²) in [5, 5.41) is 0.896. The Kier molecular flexibility index (Phi) is 5.52. The molecule has 0 atom stereocenters. The molecule has 0 N–H and O–H groups in total. The highest BCUT2D eigenvalue weighted by Gasteiger charge is 2.34. The van der Waals surface area contributed by atoms with Crippen LogP contribution in [0.15, 0.2) is 0 Å². The maximum Gasteiger partial charge on any atom is 0.0472 e. The van der Waals surface area contributed by atoms with Crippen molar-refractivity contribution in [3.8, 4) is 0 Å². The lowest BCUT2D eigenvalue weighted by molar-refractivity contribution is 0.00517. The average Bonchev–Trinajstić information content (AvgIpc) is 2.41. The van der Waals surface area contributed by atoms with Crippen molar-refractivity contribution in [2.75, 3.05) is 44.9 Å². The van der Waals surface area contributed by atoms with E-state index >= 15 is 0 Å². The number of thiol groups is 1. The zero-order valence-electron chi connectivity index (χ0n) is 10.9. The molecule has 0 spiro atoms. The average molecular weight is 275 g/mol. The van der Waals surface area contributed by atoms with Gasteiger partial charge in [0.15, 0.2) is 0 Å². The Morgan fingerprint density at radius 3 is 2.47 bits per heavy atom. The van der Waals surface area contributed by atoms with Crippen molar-refractivity contribution in [3.05, 3.63) is 0 Å². The maximum absolute atomic E-state index is 5.49. The van der Waals surface area contributed by atoms with Crippen LogP contribution in [0.4, 0.5) is 0 Å². The maximum atomic E-state index is 5.49. The first-order valence-corrected chi connectivity index (χ1v) is 8.64. The largest absolute Gasteiger partial charge is 0.381 e. The van der Waals surface area contributed by atoms with Crippen LogP contribution in [0.2, 0.25) is 0 Å². The molecular formula is C13H25NOS2. The van der Waals surface area contributed by atoms with Crippen molar-refractivity contribution >= 4 is 24.4 Å². The second kappa shape index (κ2) is 6.69. The summed E-state index contributed by atoms with van der Waals surface area (Å²) in [7, 11) is 0. The lowest BCUT2D eigenvalue weighted by Gasteiger charge is -2.42. The summed E-state index contributed by atoms with van der Waals surface area (Å²) in [5.74, 6) is 1.01. The van der Waals surface area contributed by atoms with Gasteiger partial charge in [-0.2, -0.15) is 24.4 Å². The second-order valence-corrected chi connectivity index (χ2v) is 6.94. The van der Waals surface area contributed by atoms with Gasteiger partial charge >= 0.3 is 0 Å². The van der Waals surface area contributed by atoms with Gasteiger partial charge in [0.25, 0.3) is 0 Å². The Morgan fingerprint density at radius 1 is 1.29 bits per heavy atom.